The lowest BCUT2D eigenvalue weighted by Gasteiger charge is -2.22. The van der Waals surface area contributed by atoms with Gasteiger partial charge in [0, 0.05) is 7.11 Å². The van der Waals surface area contributed by atoms with Gasteiger partial charge < -0.3 is 15.0 Å². The van der Waals surface area contributed by atoms with Crippen LogP contribution >= 0.6 is 0 Å². The van der Waals surface area contributed by atoms with Gasteiger partial charge in [-0.3, -0.25) is 5.10 Å². The molecule has 0 amide bonds. The number of rotatable bonds is 3. The Morgan fingerprint density at radius 3 is 2.72 bits per heavy atom. The van der Waals surface area contributed by atoms with Crippen molar-refractivity contribution in [1.29, 1.82) is 0 Å². The van der Waals surface area contributed by atoms with Crippen LogP contribution in [0.25, 0.3) is 11.7 Å². The minimum absolute atomic E-state index is 0.145. The standard InChI is InChI=1S/C10H14N6O2/c1-17-10(4-2-3-5-10)8-13-7(18-16-8)6-12-9(11)15-14-6/h2-5H2,1H3,(H3,11,12,14,15). The molecule has 3 N–H and O–H groups in total. The summed E-state index contributed by atoms with van der Waals surface area (Å²) in [5.41, 5.74) is 5.01. The number of anilines is 1. The smallest absolute Gasteiger partial charge is 0.295 e. The zero-order valence-electron chi connectivity index (χ0n) is 10.0. The van der Waals surface area contributed by atoms with Crippen molar-refractivity contribution in [1.82, 2.24) is 25.3 Å². The number of hydrogen-bond donors (Lipinski definition) is 2. The molecular formula is C10H14N6O2. The van der Waals surface area contributed by atoms with Crippen molar-refractivity contribution in [2.24, 2.45) is 0 Å². The van der Waals surface area contributed by atoms with Crippen LogP contribution in [0.3, 0.4) is 0 Å². The predicted molar refractivity (Wildman–Crippen MR) is 61.2 cm³/mol. The van der Waals surface area contributed by atoms with Crippen molar-refractivity contribution in [3.05, 3.63) is 5.82 Å². The summed E-state index contributed by atoms with van der Waals surface area (Å²) in [6.07, 6.45) is 4.02. The van der Waals surface area contributed by atoms with Gasteiger partial charge in [0.1, 0.15) is 5.60 Å². The second-order valence-electron chi connectivity index (χ2n) is 4.37. The van der Waals surface area contributed by atoms with Crippen LogP contribution < -0.4 is 5.73 Å². The van der Waals surface area contributed by atoms with E-state index >= 15 is 0 Å². The zero-order chi connectivity index (χ0) is 12.6. The third kappa shape index (κ3) is 1.65. The van der Waals surface area contributed by atoms with E-state index in [-0.39, 0.29) is 11.8 Å². The number of hydrogen-bond acceptors (Lipinski definition) is 7. The molecule has 1 aliphatic carbocycles. The van der Waals surface area contributed by atoms with Gasteiger partial charge in [-0.05, 0) is 25.7 Å². The molecular weight excluding hydrogens is 236 g/mol. The van der Waals surface area contributed by atoms with Crippen LogP contribution in [-0.2, 0) is 10.3 Å². The first-order valence-electron chi connectivity index (χ1n) is 5.81. The van der Waals surface area contributed by atoms with E-state index in [4.69, 9.17) is 15.0 Å². The highest BCUT2D eigenvalue weighted by molar-refractivity contribution is 5.41. The van der Waals surface area contributed by atoms with Crippen molar-refractivity contribution in [2.45, 2.75) is 31.3 Å². The highest BCUT2D eigenvalue weighted by Crippen LogP contribution is 2.40. The fraction of sp³-hybridized carbons (Fsp3) is 0.600. The van der Waals surface area contributed by atoms with E-state index in [0.717, 1.165) is 25.7 Å². The van der Waals surface area contributed by atoms with Gasteiger partial charge >= 0.3 is 0 Å². The second-order valence-corrected chi connectivity index (χ2v) is 4.37. The Bertz CT molecular complexity index is 542. The molecule has 0 spiro atoms. The summed E-state index contributed by atoms with van der Waals surface area (Å²) in [5, 5.41) is 10.3. The quantitative estimate of drug-likeness (QED) is 0.829. The van der Waals surface area contributed by atoms with E-state index in [0.29, 0.717) is 11.6 Å². The summed E-state index contributed by atoms with van der Waals surface area (Å²) in [6, 6.07) is 0. The number of aromatic nitrogens is 5. The molecule has 3 rings (SSSR count). The maximum Gasteiger partial charge on any atom is 0.295 e. The average Bonchev–Trinajstić information content (AvgIpc) is 3.08. The summed E-state index contributed by atoms with van der Waals surface area (Å²) >= 11 is 0. The van der Waals surface area contributed by atoms with E-state index in [1.807, 2.05) is 0 Å². The van der Waals surface area contributed by atoms with Crippen LogP contribution in [0, 0.1) is 0 Å². The van der Waals surface area contributed by atoms with Gasteiger partial charge in [0.05, 0.1) is 0 Å². The van der Waals surface area contributed by atoms with E-state index in [2.05, 4.69) is 25.3 Å². The summed E-state index contributed by atoms with van der Waals surface area (Å²) in [4.78, 5) is 8.27. The molecule has 1 saturated carbocycles. The lowest BCUT2D eigenvalue weighted by Crippen LogP contribution is -2.25. The Balaban J connectivity index is 1.93. The van der Waals surface area contributed by atoms with Crippen LogP contribution in [0.5, 0.6) is 0 Å². The molecule has 0 aromatic carbocycles. The number of nitrogen functional groups attached to an aromatic ring is 1. The largest absolute Gasteiger partial charge is 0.370 e. The van der Waals surface area contributed by atoms with Gasteiger partial charge in [0.2, 0.25) is 17.6 Å². The molecule has 0 atom stereocenters. The molecule has 0 unspecified atom stereocenters. The Labute approximate surface area is 103 Å². The van der Waals surface area contributed by atoms with Crippen molar-refractivity contribution >= 4 is 5.95 Å². The molecule has 2 aromatic rings. The number of aromatic amines is 1. The monoisotopic (exact) mass is 250 g/mol. The van der Waals surface area contributed by atoms with Crippen molar-refractivity contribution < 1.29 is 9.26 Å². The second kappa shape index (κ2) is 4.05. The number of methoxy groups -OCH3 is 1. The molecule has 96 valence electrons. The highest BCUT2D eigenvalue weighted by Gasteiger charge is 2.40. The first-order chi connectivity index (χ1) is 8.73. The number of H-pyrrole nitrogens is 1. The molecule has 0 radical (unpaired) electrons. The first kappa shape index (κ1) is 11.1. The number of nitrogens with two attached hydrogens (primary N) is 1. The fourth-order valence-corrected chi connectivity index (χ4v) is 2.34. The third-order valence-electron chi connectivity index (χ3n) is 3.34. The Morgan fingerprint density at radius 1 is 1.33 bits per heavy atom. The van der Waals surface area contributed by atoms with Crippen molar-refractivity contribution in [2.75, 3.05) is 12.8 Å². The van der Waals surface area contributed by atoms with Crippen molar-refractivity contribution in [3.63, 3.8) is 0 Å². The minimum atomic E-state index is -0.423. The molecule has 1 aliphatic rings. The van der Waals surface area contributed by atoms with Crippen LogP contribution in [0.2, 0.25) is 0 Å². The van der Waals surface area contributed by atoms with E-state index < -0.39 is 5.60 Å². The third-order valence-corrected chi connectivity index (χ3v) is 3.34. The Morgan fingerprint density at radius 2 is 2.11 bits per heavy atom. The van der Waals surface area contributed by atoms with Gasteiger partial charge in [-0.25, -0.2) is 0 Å². The first-order valence-corrected chi connectivity index (χ1v) is 5.81. The summed E-state index contributed by atoms with van der Waals surface area (Å²) in [6.45, 7) is 0. The Hall–Kier alpha value is -1.96. The Kier molecular flexibility index (Phi) is 2.51. The molecule has 0 aliphatic heterocycles. The molecule has 18 heavy (non-hydrogen) atoms. The highest BCUT2D eigenvalue weighted by atomic mass is 16.5. The molecule has 2 heterocycles. The lowest BCUT2D eigenvalue weighted by molar-refractivity contribution is -0.0178. The van der Waals surface area contributed by atoms with Gasteiger partial charge in [0.15, 0.2) is 0 Å². The van der Waals surface area contributed by atoms with Crippen molar-refractivity contribution in [3.8, 4) is 11.7 Å². The van der Waals surface area contributed by atoms with Crippen LogP contribution in [0.15, 0.2) is 4.52 Å². The molecule has 8 heteroatoms. The number of nitrogens with zero attached hydrogens (tertiary/aromatic N) is 4. The minimum Gasteiger partial charge on any atom is -0.370 e. The van der Waals surface area contributed by atoms with Gasteiger partial charge in [-0.1, -0.05) is 5.16 Å². The van der Waals surface area contributed by atoms with Crippen LogP contribution in [0.4, 0.5) is 5.95 Å². The maximum atomic E-state index is 5.58. The van der Waals surface area contributed by atoms with Gasteiger partial charge in [0.25, 0.3) is 5.89 Å². The van der Waals surface area contributed by atoms with E-state index in [1.54, 1.807) is 7.11 Å². The number of nitrogens with one attached hydrogen (secondary N) is 1. The van der Waals surface area contributed by atoms with E-state index in [9.17, 15) is 0 Å². The molecule has 0 saturated heterocycles. The van der Waals surface area contributed by atoms with Gasteiger partial charge in [-0.15, -0.1) is 5.10 Å². The molecule has 0 bridgehead atoms. The topological polar surface area (TPSA) is 116 Å². The maximum absolute atomic E-state index is 5.58. The molecule has 2 aromatic heterocycles. The summed E-state index contributed by atoms with van der Waals surface area (Å²) < 4.78 is 10.8. The normalized spacial score (nSPS) is 18.3. The molecule has 8 nitrogen and oxygen atoms in total. The van der Waals surface area contributed by atoms with E-state index in [1.165, 1.54) is 0 Å². The SMILES string of the molecule is COC1(c2noc(-c3nc(N)n[nH]3)n2)CCCC1. The van der Waals surface area contributed by atoms with Crippen LogP contribution in [0.1, 0.15) is 31.5 Å². The average molecular weight is 250 g/mol. The van der Waals surface area contributed by atoms with Gasteiger partial charge in [-0.2, -0.15) is 9.97 Å². The fourth-order valence-electron chi connectivity index (χ4n) is 2.34. The zero-order valence-corrected chi connectivity index (χ0v) is 10.0. The summed E-state index contributed by atoms with van der Waals surface area (Å²) in [5.74, 6) is 1.35. The lowest BCUT2D eigenvalue weighted by atomic mass is 10.0. The van der Waals surface area contributed by atoms with Crippen LogP contribution in [-0.4, -0.2) is 32.4 Å². The summed E-state index contributed by atoms with van der Waals surface area (Å²) in [7, 11) is 1.67. The predicted octanol–water partition coefficient (Wildman–Crippen LogP) is 0.853. The molecule has 1 fully saturated rings. The number of ether oxygens (including phenoxy) is 1.